The molecule has 0 spiro atoms. The van der Waals surface area contributed by atoms with Crippen molar-refractivity contribution < 1.29 is 9.59 Å². The number of Topliss-reactive ketones (excluding diaryl/α,β-unsaturated/α-hetero) is 1. The highest BCUT2D eigenvalue weighted by Gasteiger charge is 2.17. The molecular weight excluding hydrogens is 452 g/mol. The van der Waals surface area contributed by atoms with Gasteiger partial charge in [-0.1, -0.05) is 26.7 Å². The van der Waals surface area contributed by atoms with Crippen LogP contribution in [0, 0.1) is 5.92 Å². The van der Waals surface area contributed by atoms with E-state index in [1.807, 2.05) is 43.3 Å². The number of ketones is 1. The van der Waals surface area contributed by atoms with Crippen molar-refractivity contribution in [3.8, 4) is 0 Å². The summed E-state index contributed by atoms with van der Waals surface area (Å²) in [5.41, 5.74) is 3.05. The number of carbonyl (C=O) groups excluding carboxylic acids is 2. The summed E-state index contributed by atoms with van der Waals surface area (Å²) in [5, 5.41) is 6.39. The summed E-state index contributed by atoms with van der Waals surface area (Å²) in [4.78, 5) is 36.4. The van der Waals surface area contributed by atoms with Crippen LogP contribution in [0.3, 0.4) is 0 Å². The van der Waals surface area contributed by atoms with Gasteiger partial charge in [0.1, 0.15) is 11.3 Å². The second-order valence-corrected chi connectivity index (χ2v) is 9.82. The fourth-order valence-electron chi connectivity index (χ4n) is 4.74. The molecule has 1 fully saturated rings. The van der Waals surface area contributed by atoms with Gasteiger partial charge in [0.2, 0.25) is 11.9 Å². The number of fused-ring (bicyclic) bond motifs is 1. The zero-order chi connectivity index (χ0) is 25.5. The molecule has 192 valence electrons. The first-order chi connectivity index (χ1) is 17.4. The molecule has 1 saturated heterocycles. The van der Waals surface area contributed by atoms with Crippen LogP contribution in [0.4, 0.5) is 17.5 Å². The monoisotopic (exact) mass is 490 g/mol. The maximum absolute atomic E-state index is 12.6. The lowest BCUT2D eigenvalue weighted by Gasteiger charge is -2.26. The molecule has 8 nitrogen and oxygen atoms in total. The van der Waals surface area contributed by atoms with E-state index in [2.05, 4.69) is 27.0 Å². The van der Waals surface area contributed by atoms with Gasteiger partial charge >= 0.3 is 0 Å². The summed E-state index contributed by atoms with van der Waals surface area (Å²) in [6.07, 6.45) is 6.67. The van der Waals surface area contributed by atoms with E-state index in [-0.39, 0.29) is 17.6 Å². The van der Waals surface area contributed by atoms with Crippen molar-refractivity contribution in [1.82, 2.24) is 19.4 Å². The Balaban J connectivity index is 1.58. The highest BCUT2D eigenvalue weighted by atomic mass is 16.2. The molecule has 0 radical (unpaired) electrons. The lowest BCUT2D eigenvalue weighted by molar-refractivity contribution is -0.119. The predicted molar refractivity (Wildman–Crippen MR) is 145 cm³/mol. The minimum atomic E-state index is -0.0582. The van der Waals surface area contributed by atoms with Crippen molar-refractivity contribution in [2.75, 3.05) is 30.3 Å². The number of hydrogen-bond donors (Lipinski definition) is 2. The number of anilines is 3. The molecule has 2 aromatic heterocycles. The van der Waals surface area contributed by atoms with Crippen LogP contribution in [0.15, 0.2) is 36.4 Å². The summed E-state index contributed by atoms with van der Waals surface area (Å²) in [7, 11) is 0. The van der Waals surface area contributed by atoms with Gasteiger partial charge in [-0.2, -0.15) is 0 Å². The van der Waals surface area contributed by atoms with E-state index in [0.29, 0.717) is 17.3 Å². The van der Waals surface area contributed by atoms with Crippen molar-refractivity contribution in [3.05, 3.63) is 42.0 Å². The first kappa shape index (κ1) is 25.8. The van der Waals surface area contributed by atoms with Crippen molar-refractivity contribution in [2.24, 2.45) is 5.92 Å². The van der Waals surface area contributed by atoms with Crippen LogP contribution in [-0.4, -0.2) is 50.8 Å². The molecular formula is C28H38N6O2. The smallest absolute Gasteiger partial charge is 0.228 e. The van der Waals surface area contributed by atoms with Crippen LogP contribution < -0.4 is 10.6 Å². The first-order valence-electron chi connectivity index (χ1n) is 13.2. The third-order valence-electron chi connectivity index (χ3n) is 6.87. The molecule has 4 rings (SSSR count). The number of piperidine rings is 1. The standard InChI is InChI=1S/C28H38N6O2/c1-4-9-20(2)27(36)32-25-15-14-24-26(31-25)34(19-8-18-33-16-6-5-7-17-33)28(30-24)29-23-12-10-22(11-13-23)21(3)35/h10-15,20H,4-9,16-19H2,1-3H3,(H,29,30)(H,31,32,36). The quantitative estimate of drug-likeness (QED) is 0.339. The van der Waals surface area contributed by atoms with Gasteiger partial charge in [0.15, 0.2) is 11.4 Å². The number of pyridine rings is 1. The highest BCUT2D eigenvalue weighted by molar-refractivity contribution is 5.94. The van der Waals surface area contributed by atoms with Crippen LogP contribution in [0.25, 0.3) is 11.2 Å². The molecule has 1 amide bonds. The van der Waals surface area contributed by atoms with Crippen molar-refractivity contribution in [2.45, 2.75) is 65.8 Å². The lowest BCUT2D eigenvalue weighted by atomic mass is 10.1. The molecule has 1 unspecified atom stereocenters. The number of aryl methyl sites for hydroxylation is 1. The minimum absolute atomic E-state index is 0.0104. The number of nitrogens with zero attached hydrogens (tertiary/aromatic N) is 4. The van der Waals surface area contributed by atoms with E-state index in [4.69, 9.17) is 9.97 Å². The Morgan fingerprint density at radius 1 is 1.00 bits per heavy atom. The van der Waals surface area contributed by atoms with E-state index in [1.165, 1.54) is 32.4 Å². The summed E-state index contributed by atoms with van der Waals surface area (Å²) in [6, 6.07) is 11.1. The molecule has 8 heteroatoms. The Labute approximate surface area is 213 Å². The molecule has 36 heavy (non-hydrogen) atoms. The third-order valence-corrected chi connectivity index (χ3v) is 6.87. The average Bonchev–Trinajstić information content (AvgIpc) is 3.21. The number of amides is 1. The summed E-state index contributed by atoms with van der Waals surface area (Å²) in [5.74, 6) is 1.22. The number of rotatable bonds is 11. The van der Waals surface area contributed by atoms with Crippen LogP contribution in [0.1, 0.15) is 69.7 Å². The predicted octanol–water partition coefficient (Wildman–Crippen LogP) is 5.63. The van der Waals surface area contributed by atoms with E-state index >= 15 is 0 Å². The second-order valence-electron chi connectivity index (χ2n) is 9.82. The molecule has 0 aliphatic carbocycles. The molecule has 2 N–H and O–H groups in total. The van der Waals surface area contributed by atoms with Gasteiger partial charge < -0.3 is 15.5 Å². The summed E-state index contributed by atoms with van der Waals surface area (Å²) < 4.78 is 2.10. The number of likely N-dealkylation sites (tertiary alicyclic amines) is 1. The van der Waals surface area contributed by atoms with Gasteiger partial charge in [0, 0.05) is 23.7 Å². The molecule has 1 aliphatic rings. The Kier molecular flexibility index (Phi) is 8.70. The van der Waals surface area contributed by atoms with E-state index in [9.17, 15) is 9.59 Å². The van der Waals surface area contributed by atoms with Crippen molar-refractivity contribution in [3.63, 3.8) is 0 Å². The van der Waals surface area contributed by atoms with Crippen molar-refractivity contribution in [1.29, 1.82) is 0 Å². The zero-order valence-corrected chi connectivity index (χ0v) is 21.7. The minimum Gasteiger partial charge on any atom is -0.326 e. The maximum Gasteiger partial charge on any atom is 0.228 e. The number of nitrogens with one attached hydrogen (secondary N) is 2. The Morgan fingerprint density at radius 2 is 1.75 bits per heavy atom. The normalized spacial score (nSPS) is 15.1. The van der Waals surface area contributed by atoms with Crippen molar-refractivity contribution >= 4 is 40.3 Å². The molecule has 0 bridgehead atoms. The Hall–Kier alpha value is -3.26. The van der Waals surface area contributed by atoms with Gasteiger partial charge in [0.25, 0.3) is 0 Å². The topological polar surface area (TPSA) is 92.2 Å². The van der Waals surface area contributed by atoms with E-state index in [0.717, 1.165) is 49.2 Å². The van der Waals surface area contributed by atoms with Gasteiger partial charge in [-0.25, -0.2) is 9.97 Å². The van der Waals surface area contributed by atoms with Crippen LogP contribution in [0.5, 0.6) is 0 Å². The van der Waals surface area contributed by atoms with Gasteiger partial charge in [-0.05, 0) is 88.6 Å². The fraction of sp³-hybridized carbons (Fsp3) is 0.500. The zero-order valence-electron chi connectivity index (χ0n) is 21.7. The van der Waals surface area contributed by atoms with E-state index < -0.39 is 0 Å². The van der Waals surface area contributed by atoms with E-state index in [1.54, 1.807) is 6.92 Å². The SMILES string of the molecule is CCCC(C)C(=O)Nc1ccc2nc(Nc3ccc(C(C)=O)cc3)n(CCCN3CCCCC3)c2n1. The van der Waals surface area contributed by atoms with Gasteiger partial charge in [-0.15, -0.1) is 0 Å². The highest BCUT2D eigenvalue weighted by Crippen LogP contribution is 2.25. The number of hydrogen-bond acceptors (Lipinski definition) is 6. The Bertz CT molecular complexity index is 1180. The summed E-state index contributed by atoms with van der Waals surface area (Å²) in [6.45, 7) is 9.73. The van der Waals surface area contributed by atoms with Gasteiger partial charge in [-0.3, -0.25) is 14.2 Å². The maximum atomic E-state index is 12.6. The van der Waals surface area contributed by atoms with Crippen LogP contribution >= 0.6 is 0 Å². The number of carbonyl (C=O) groups is 2. The molecule has 3 aromatic rings. The molecule has 1 aromatic carbocycles. The molecule has 1 aliphatic heterocycles. The number of benzene rings is 1. The first-order valence-corrected chi connectivity index (χ1v) is 13.2. The average molecular weight is 491 g/mol. The molecule has 3 heterocycles. The van der Waals surface area contributed by atoms with Gasteiger partial charge in [0.05, 0.1) is 0 Å². The second kappa shape index (κ2) is 12.1. The van der Waals surface area contributed by atoms with Crippen LogP contribution in [0.2, 0.25) is 0 Å². The van der Waals surface area contributed by atoms with Crippen LogP contribution in [-0.2, 0) is 11.3 Å². The number of aromatic nitrogens is 3. The Morgan fingerprint density at radius 3 is 2.44 bits per heavy atom. The largest absolute Gasteiger partial charge is 0.326 e. The third kappa shape index (κ3) is 6.49. The number of imidazole rings is 1. The fourth-order valence-corrected chi connectivity index (χ4v) is 4.74. The molecule has 1 atom stereocenters. The lowest BCUT2D eigenvalue weighted by Crippen LogP contribution is -2.31. The molecule has 0 saturated carbocycles. The summed E-state index contributed by atoms with van der Waals surface area (Å²) >= 11 is 0.